The fraction of sp³-hybridized carbons (Fsp3) is 0.280. The van der Waals surface area contributed by atoms with Gasteiger partial charge in [0.15, 0.2) is 5.11 Å². The molecule has 2 aromatic carbocycles. The van der Waals surface area contributed by atoms with Crippen LogP contribution in [-0.4, -0.2) is 48.8 Å². The summed E-state index contributed by atoms with van der Waals surface area (Å²) in [4.78, 5) is 18.1. The Morgan fingerprint density at radius 1 is 1.12 bits per heavy atom. The predicted molar refractivity (Wildman–Crippen MR) is 142 cm³/mol. The number of hydrogen-bond acceptors (Lipinski definition) is 5. The molecule has 0 unspecified atom stereocenters. The molecule has 1 fully saturated rings. The molecule has 1 aliphatic heterocycles. The van der Waals surface area contributed by atoms with Gasteiger partial charge in [-0.2, -0.15) is 0 Å². The SMILES string of the molecule is CCOC(=O)c1cc(-c2ccccc2)sc1NC(=S)N1CCN(c2cc(Cl)ccc2C)CC1. The Bertz CT molecular complexity index is 1140. The van der Waals surface area contributed by atoms with Crippen molar-refractivity contribution in [3.8, 4) is 10.4 Å². The Morgan fingerprint density at radius 3 is 2.55 bits per heavy atom. The lowest BCUT2D eigenvalue weighted by molar-refractivity contribution is 0.0528. The first kappa shape index (κ1) is 23.5. The number of aryl methyl sites for hydroxylation is 1. The van der Waals surface area contributed by atoms with Crippen LogP contribution in [0.1, 0.15) is 22.8 Å². The van der Waals surface area contributed by atoms with E-state index in [4.69, 9.17) is 28.6 Å². The van der Waals surface area contributed by atoms with Crippen LogP contribution in [0.5, 0.6) is 0 Å². The Morgan fingerprint density at radius 2 is 1.85 bits per heavy atom. The number of anilines is 2. The van der Waals surface area contributed by atoms with Gasteiger partial charge in [0, 0.05) is 41.8 Å². The van der Waals surface area contributed by atoms with Gasteiger partial charge in [0.2, 0.25) is 0 Å². The number of hydrogen-bond donors (Lipinski definition) is 1. The number of nitrogens with zero attached hydrogens (tertiary/aromatic N) is 2. The molecule has 0 radical (unpaired) electrons. The van der Waals surface area contributed by atoms with Crippen LogP contribution < -0.4 is 10.2 Å². The molecule has 0 saturated carbocycles. The number of nitrogens with one attached hydrogen (secondary N) is 1. The second-order valence-corrected chi connectivity index (χ2v) is 9.65. The minimum absolute atomic E-state index is 0.324. The van der Waals surface area contributed by atoms with E-state index in [9.17, 15) is 4.79 Å². The molecule has 1 saturated heterocycles. The zero-order valence-corrected chi connectivity index (χ0v) is 21.0. The summed E-state index contributed by atoms with van der Waals surface area (Å²) in [5.74, 6) is -0.345. The van der Waals surface area contributed by atoms with E-state index in [-0.39, 0.29) is 5.97 Å². The van der Waals surface area contributed by atoms with Crippen LogP contribution >= 0.6 is 35.2 Å². The minimum Gasteiger partial charge on any atom is -0.462 e. The monoisotopic (exact) mass is 499 g/mol. The van der Waals surface area contributed by atoms with E-state index >= 15 is 0 Å². The first-order valence-corrected chi connectivity index (χ1v) is 12.5. The van der Waals surface area contributed by atoms with Crippen LogP contribution in [0.25, 0.3) is 10.4 Å². The van der Waals surface area contributed by atoms with Gasteiger partial charge < -0.3 is 19.9 Å². The molecule has 33 heavy (non-hydrogen) atoms. The Balaban J connectivity index is 1.47. The minimum atomic E-state index is -0.345. The summed E-state index contributed by atoms with van der Waals surface area (Å²) in [5.41, 5.74) is 3.94. The molecule has 0 aliphatic carbocycles. The van der Waals surface area contributed by atoms with Gasteiger partial charge in [0.1, 0.15) is 5.00 Å². The van der Waals surface area contributed by atoms with Crippen LogP contribution in [0, 0.1) is 6.92 Å². The lowest BCUT2D eigenvalue weighted by Gasteiger charge is -2.38. The van der Waals surface area contributed by atoms with Gasteiger partial charge in [0.05, 0.1) is 12.2 Å². The number of halogens is 1. The highest BCUT2D eigenvalue weighted by atomic mass is 35.5. The summed E-state index contributed by atoms with van der Waals surface area (Å²) in [5, 5.41) is 5.39. The predicted octanol–water partition coefficient (Wildman–Crippen LogP) is 6.07. The van der Waals surface area contributed by atoms with Gasteiger partial charge >= 0.3 is 5.97 Å². The van der Waals surface area contributed by atoms with E-state index < -0.39 is 0 Å². The number of carbonyl (C=O) groups excluding carboxylic acids is 1. The maximum atomic E-state index is 12.6. The van der Waals surface area contributed by atoms with Crippen molar-refractivity contribution in [1.82, 2.24) is 4.90 Å². The van der Waals surface area contributed by atoms with Crippen molar-refractivity contribution in [2.45, 2.75) is 13.8 Å². The molecule has 1 aromatic heterocycles. The Kier molecular flexibility index (Phi) is 7.53. The fourth-order valence-electron chi connectivity index (χ4n) is 3.84. The average Bonchev–Trinajstić information content (AvgIpc) is 3.25. The third-order valence-electron chi connectivity index (χ3n) is 5.58. The van der Waals surface area contributed by atoms with Gasteiger partial charge in [-0.1, -0.05) is 48.0 Å². The molecule has 1 N–H and O–H groups in total. The quantitative estimate of drug-likeness (QED) is 0.339. The molecule has 172 valence electrons. The molecule has 4 rings (SSSR count). The highest BCUT2D eigenvalue weighted by Crippen LogP contribution is 2.36. The molecule has 1 aliphatic rings. The topological polar surface area (TPSA) is 44.8 Å². The summed E-state index contributed by atoms with van der Waals surface area (Å²) < 4.78 is 5.28. The largest absolute Gasteiger partial charge is 0.462 e. The smallest absolute Gasteiger partial charge is 0.341 e. The van der Waals surface area contributed by atoms with E-state index in [1.165, 1.54) is 16.9 Å². The van der Waals surface area contributed by atoms with E-state index in [0.717, 1.165) is 47.3 Å². The first-order valence-electron chi connectivity index (χ1n) is 10.9. The molecule has 0 amide bonds. The van der Waals surface area contributed by atoms with Crippen LogP contribution in [-0.2, 0) is 4.74 Å². The van der Waals surface area contributed by atoms with Crippen molar-refractivity contribution in [3.63, 3.8) is 0 Å². The summed E-state index contributed by atoms with van der Waals surface area (Å²) in [6.45, 7) is 7.47. The number of carbonyl (C=O) groups is 1. The van der Waals surface area contributed by atoms with Gasteiger partial charge in [-0.25, -0.2) is 4.79 Å². The third-order valence-corrected chi connectivity index (χ3v) is 7.28. The lowest BCUT2D eigenvalue weighted by Crippen LogP contribution is -2.50. The molecule has 0 spiro atoms. The molecule has 8 heteroatoms. The maximum absolute atomic E-state index is 12.6. The first-order chi connectivity index (χ1) is 16.0. The van der Waals surface area contributed by atoms with Crippen molar-refractivity contribution >= 4 is 56.9 Å². The maximum Gasteiger partial charge on any atom is 0.341 e. The van der Waals surface area contributed by atoms with Crippen molar-refractivity contribution < 1.29 is 9.53 Å². The van der Waals surface area contributed by atoms with Crippen LogP contribution in [0.3, 0.4) is 0 Å². The van der Waals surface area contributed by atoms with E-state index in [0.29, 0.717) is 22.3 Å². The number of thiocarbonyl (C=S) groups is 1. The second-order valence-electron chi connectivity index (χ2n) is 7.78. The van der Waals surface area contributed by atoms with Gasteiger partial charge in [-0.15, -0.1) is 11.3 Å². The number of benzene rings is 2. The van der Waals surface area contributed by atoms with Crippen molar-refractivity contribution in [3.05, 3.63) is 70.7 Å². The standard InChI is InChI=1S/C25H26ClN3O2S2/c1-3-31-24(30)20-16-22(18-7-5-4-6-8-18)33-23(20)27-25(32)29-13-11-28(12-14-29)21-15-19(26)10-9-17(21)2/h4-10,15-16H,3,11-14H2,1-2H3,(H,27,32). The van der Waals surface area contributed by atoms with Crippen LogP contribution in [0.2, 0.25) is 5.02 Å². The normalized spacial score (nSPS) is 13.7. The number of thiophene rings is 1. The summed E-state index contributed by atoms with van der Waals surface area (Å²) in [7, 11) is 0. The zero-order valence-electron chi connectivity index (χ0n) is 18.6. The summed E-state index contributed by atoms with van der Waals surface area (Å²) in [6.07, 6.45) is 0. The number of piperazine rings is 1. The third kappa shape index (κ3) is 5.49. The summed E-state index contributed by atoms with van der Waals surface area (Å²) >= 11 is 13.4. The number of ether oxygens (including phenoxy) is 1. The van der Waals surface area contributed by atoms with Crippen LogP contribution in [0.15, 0.2) is 54.6 Å². The highest BCUT2D eigenvalue weighted by Gasteiger charge is 2.23. The van der Waals surface area contributed by atoms with Crippen molar-refractivity contribution in [2.75, 3.05) is 43.0 Å². The second kappa shape index (κ2) is 10.5. The van der Waals surface area contributed by atoms with Gasteiger partial charge in [-0.05, 0) is 55.4 Å². The molecular formula is C25H26ClN3O2S2. The Hall–Kier alpha value is -2.61. The van der Waals surface area contributed by atoms with Crippen molar-refractivity contribution in [1.29, 1.82) is 0 Å². The fourth-order valence-corrected chi connectivity index (χ4v) is 5.41. The molecule has 3 aromatic rings. The molecule has 0 atom stereocenters. The lowest BCUT2D eigenvalue weighted by atomic mass is 10.1. The van der Waals surface area contributed by atoms with Crippen LogP contribution in [0.4, 0.5) is 10.7 Å². The Labute approximate surface area is 208 Å². The molecular weight excluding hydrogens is 474 g/mol. The summed E-state index contributed by atoms with van der Waals surface area (Å²) in [6, 6.07) is 17.9. The molecule has 2 heterocycles. The number of rotatable bonds is 5. The van der Waals surface area contributed by atoms with E-state index in [1.54, 1.807) is 6.92 Å². The van der Waals surface area contributed by atoms with Gasteiger partial charge in [0.25, 0.3) is 0 Å². The molecule has 5 nitrogen and oxygen atoms in total. The van der Waals surface area contributed by atoms with E-state index in [1.807, 2.05) is 54.6 Å². The van der Waals surface area contributed by atoms with E-state index in [2.05, 4.69) is 22.0 Å². The number of esters is 1. The van der Waals surface area contributed by atoms with Crippen molar-refractivity contribution in [2.24, 2.45) is 0 Å². The molecule has 0 bridgehead atoms. The highest BCUT2D eigenvalue weighted by molar-refractivity contribution is 7.80. The average molecular weight is 500 g/mol. The van der Waals surface area contributed by atoms with Gasteiger partial charge in [-0.3, -0.25) is 0 Å². The zero-order chi connectivity index (χ0) is 23.4.